The lowest BCUT2D eigenvalue weighted by molar-refractivity contribution is 0.204. The second-order valence-electron chi connectivity index (χ2n) is 6.88. The standard InChI is InChI=1S/C16H22N4O3S2/c17-16(8-2-3-9-16)15-18-14(23-19-15)12-6-1-4-10-20(12)25(21,22)13-7-5-11-24-13/h5,7,11-12H,1-4,6,8-10,17H2. The molecule has 2 aliphatic rings. The van der Waals surface area contributed by atoms with Crippen molar-refractivity contribution in [2.24, 2.45) is 5.73 Å². The summed E-state index contributed by atoms with van der Waals surface area (Å²) < 4.78 is 33.3. The van der Waals surface area contributed by atoms with E-state index in [1.54, 1.807) is 17.5 Å². The van der Waals surface area contributed by atoms with Crippen molar-refractivity contribution in [3.8, 4) is 0 Å². The lowest BCUT2D eigenvalue weighted by Gasteiger charge is -2.31. The molecule has 1 saturated carbocycles. The lowest BCUT2D eigenvalue weighted by atomic mass is 9.98. The largest absolute Gasteiger partial charge is 0.337 e. The van der Waals surface area contributed by atoms with Crippen LogP contribution in [-0.2, 0) is 15.6 Å². The minimum absolute atomic E-state index is 0.352. The van der Waals surface area contributed by atoms with Crippen LogP contribution in [0, 0.1) is 0 Å². The van der Waals surface area contributed by atoms with Crippen molar-refractivity contribution in [2.75, 3.05) is 6.54 Å². The molecule has 2 N–H and O–H groups in total. The van der Waals surface area contributed by atoms with Gasteiger partial charge in [0, 0.05) is 6.54 Å². The monoisotopic (exact) mass is 382 g/mol. The molecule has 0 aromatic carbocycles. The summed E-state index contributed by atoms with van der Waals surface area (Å²) in [5.41, 5.74) is 5.87. The van der Waals surface area contributed by atoms with Gasteiger partial charge in [-0.1, -0.05) is 30.5 Å². The molecule has 25 heavy (non-hydrogen) atoms. The van der Waals surface area contributed by atoms with Gasteiger partial charge in [-0.2, -0.15) is 9.29 Å². The van der Waals surface area contributed by atoms with E-state index in [0.29, 0.717) is 28.9 Å². The van der Waals surface area contributed by atoms with Crippen LogP contribution in [0.1, 0.15) is 62.7 Å². The van der Waals surface area contributed by atoms with Crippen molar-refractivity contribution in [3.05, 3.63) is 29.2 Å². The Morgan fingerprint density at radius 3 is 2.80 bits per heavy atom. The number of hydrogen-bond donors (Lipinski definition) is 1. The molecule has 4 rings (SSSR count). The predicted octanol–water partition coefficient (Wildman–Crippen LogP) is 2.78. The van der Waals surface area contributed by atoms with E-state index in [4.69, 9.17) is 10.3 Å². The highest BCUT2D eigenvalue weighted by atomic mass is 32.2. The Kier molecular flexibility index (Phi) is 4.43. The SMILES string of the molecule is NC1(c2noc(C3CCCCN3S(=O)(=O)c3cccs3)n2)CCCC1. The summed E-state index contributed by atoms with van der Waals surface area (Å²) in [5, 5.41) is 5.87. The molecule has 0 bridgehead atoms. The van der Waals surface area contributed by atoms with Crippen molar-refractivity contribution in [1.82, 2.24) is 14.4 Å². The van der Waals surface area contributed by atoms with E-state index < -0.39 is 21.6 Å². The molecule has 1 aliphatic heterocycles. The smallest absolute Gasteiger partial charge is 0.253 e. The number of thiophene rings is 1. The van der Waals surface area contributed by atoms with E-state index in [9.17, 15) is 8.42 Å². The second-order valence-corrected chi connectivity index (χ2v) is 9.94. The normalized spacial score (nSPS) is 24.6. The molecule has 1 atom stereocenters. The molecule has 2 aromatic rings. The molecule has 1 unspecified atom stereocenters. The van der Waals surface area contributed by atoms with Crippen LogP contribution in [0.25, 0.3) is 0 Å². The fourth-order valence-electron chi connectivity index (χ4n) is 3.77. The predicted molar refractivity (Wildman–Crippen MR) is 93.4 cm³/mol. The van der Waals surface area contributed by atoms with E-state index in [1.807, 2.05) is 0 Å². The van der Waals surface area contributed by atoms with Gasteiger partial charge in [-0.15, -0.1) is 11.3 Å². The second kappa shape index (κ2) is 6.46. The Hall–Kier alpha value is -1.29. The number of nitrogens with two attached hydrogens (primary N) is 1. The third-order valence-corrected chi connectivity index (χ3v) is 8.46. The minimum Gasteiger partial charge on any atom is -0.337 e. The Bertz CT molecular complexity index is 825. The molecule has 1 saturated heterocycles. The number of nitrogens with zero attached hydrogens (tertiary/aromatic N) is 3. The van der Waals surface area contributed by atoms with Gasteiger partial charge in [0.15, 0.2) is 5.82 Å². The maximum atomic E-state index is 13.0. The summed E-state index contributed by atoms with van der Waals surface area (Å²) in [7, 11) is -3.55. The van der Waals surface area contributed by atoms with Crippen molar-refractivity contribution in [2.45, 2.75) is 60.7 Å². The molecule has 1 aliphatic carbocycles. The fourth-order valence-corrected chi connectivity index (χ4v) is 6.54. The van der Waals surface area contributed by atoms with E-state index in [0.717, 1.165) is 38.5 Å². The quantitative estimate of drug-likeness (QED) is 0.872. The summed E-state index contributed by atoms with van der Waals surface area (Å²) in [6, 6.07) is 2.98. The van der Waals surface area contributed by atoms with Gasteiger partial charge in [-0.05, 0) is 37.1 Å². The van der Waals surface area contributed by atoms with Gasteiger partial charge in [0.2, 0.25) is 5.89 Å². The van der Waals surface area contributed by atoms with Gasteiger partial charge in [-0.25, -0.2) is 8.42 Å². The first-order chi connectivity index (χ1) is 12.0. The molecule has 9 heteroatoms. The Morgan fingerprint density at radius 1 is 1.28 bits per heavy atom. The molecule has 0 spiro atoms. The Morgan fingerprint density at radius 2 is 2.08 bits per heavy atom. The lowest BCUT2D eigenvalue weighted by Crippen LogP contribution is -2.38. The van der Waals surface area contributed by atoms with Crippen LogP contribution in [0.5, 0.6) is 0 Å². The topological polar surface area (TPSA) is 102 Å². The van der Waals surface area contributed by atoms with Crippen LogP contribution in [0.15, 0.2) is 26.2 Å². The molecular formula is C16H22N4O3S2. The summed E-state index contributed by atoms with van der Waals surface area (Å²) in [6.07, 6.45) is 6.26. The first-order valence-electron chi connectivity index (χ1n) is 8.69. The first-order valence-corrected chi connectivity index (χ1v) is 11.0. The molecular weight excluding hydrogens is 360 g/mol. The number of piperidine rings is 1. The molecule has 0 amide bonds. The molecule has 2 fully saturated rings. The van der Waals surface area contributed by atoms with Gasteiger partial charge in [0.1, 0.15) is 10.3 Å². The molecule has 2 aromatic heterocycles. The summed E-state index contributed by atoms with van der Waals surface area (Å²) in [5.74, 6) is 0.880. The number of sulfonamides is 1. The highest BCUT2D eigenvalue weighted by molar-refractivity contribution is 7.91. The summed E-state index contributed by atoms with van der Waals surface area (Å²) in [6.45, 7) is 0.469. The maximum Gasteiger partial charge on any atom is 0.253 e. The number of rotatable bonds is 4. The zero-order valence-corrected chi connectivity index (χ0v) is 15.6. The molecule has 136 valence electrons. The van der Waals surface area contributed by atoms with Crippen LogP contribution in [0.2, 0.25) is 0 Å². The van der Waals surface area contributed by atoms with E-state index >= 15 is 0 Å². The highest BCUT2D eigenvalue weighted by Gasteiger charge is 2.41. The maximum absolute atomic E-state index is 13.0. The number of aromatic nitrogens is 2. The van der Waals surface area contributed by atoms with E-state index in [2.05, 4.69) is 10.1 Å². The fraction of sp³-hybridized carbons (Fsp3) is 0.625. The number of hydrogen-bond acceptors (Lipinski definition) is 7. The zero-order valence-electron chi connectivity index (χ0n) is 13.9. The van der Waals surface area contributed by atoms with Crippen LogP contribution in [-0.4, -0.2) is 29.4 Å². The molecule has 0 radical (unpaired) electrons. The van der Waals surface area contributed by atoms with Gasteiger partial charge in [-0.3, -0.25) is 0 Å². The van der Waals surface area contributed by atoms with Crippen LogP contribution >= 0.6 is 11.3 Å². The van der Waals surface area contributed by atoms with Gasteiger partial charge < -0.3 is 10.3 Å². The Balaban J connectivity index is 1.65. The van der Waals surface area contributed by atoms with Crippen LogP contribution < -0.4 is 5.73 Å². The van der Waals surface area contributed by atoms with Gasteiger partial charge >= 0.3 is 0 Å². The average molecular weight is 383 g/mol. The van der Waals surface area contributed by atoms with Gasteiger partial charge in [0.25, 0.3) is 10.0 Å². The van der Waals surface area contributed by atoms with Crippen molar-refractivity contribution >= 4 is 21.4 Å². The van der Waals surface area contributed by atoms with Crippen LogP contribution in [0.4, 0.5) is 0 Å². The summed E-state index contributed by atoms with van der Waals surface area (Å²) in [4.78, 5) is 4.53. The van der Waals surface area contributed by atoms with E-state index in [-0.39, 0.29) is 0 Å². The summed E-state index contributed by atoms with van der Waals surface area (Å²) >= 11 is 1.23. The van der Waals surface area contributed by atoms with Crippen LogP contribution in [0.3, 0.4) is 0 Å². The minimum atomic E-state index is -3.55. The highest BCUT2D eigenvalue weighted by Crippen LogP contribution is 2.38. The molecule has 7 nitrogen and oxygen atoms in total. The third-order valence-electron chi connectivity index (χ3n) is 5.18. The average Bonchev–Trinajstić information content (AvgIpc) is 3.36. The van der Waals surface area contributed by atoms with Crippen molar-refractivity contribution < 1.29 is 12.9 Å². The molecule has 3 heterocycles. The van der Waals surface area contributed by atoms with Gasteiger partial charge in [0.05, 0.1) is 5.54 Å². The third kappa shape index (κ3) is 3.03. The Labute approximate surface area is 151 Å². The van der Waals surface area contributed by atoms with Crippen molar-refractivity contribution in [3.63, 3.8) is 0 Å². The van der Waals surface area contributed by atoms with Crippen molar-refractivity contribution in [1.29, 1.82) is 0 Å². The zero-order chi connectivity index (χ0) is 17.5. The van der Waals surface area contributed by atoms with E-state index in [1.165, 1.54) is 15.6 Å². The first kappa shape index (κ1) is 17.1.